The minimum Gasteiger partial charge on any atom is -0.400 e. The van der Waals surface area contributed by atoms with Crippen LogP contribution < -0.4 is 0 Å². The fraction of sp³-hybridized carbons (Fsp3) is 0.444. The van der Waals surface area contributed by atoms with Crippen molar-refractivity contribution < 1.29 is 22.9 Å². The molecule has 1 aliphatic heterocycles. The molecule has 0 N–H and O–H groups in total. The quantitative estimate of drug-likeness (QED) is 0.737. The first-order chi connectivity index (χ1) is 12.0. The van der Waals surface area contributed by atoms with Crippen LogP contribution in [0.2, 0.25) is 0 Å². The number of carbonyl (C=O) groups is 1. The molecule has 0 unspecified atom stereocenters. The molecule has 138 valence electrons. The molecule has 1 heterocycles. The molecule has 4 nitrogen and oxygen atoms in total. The lowest BCUT2D eigenvalue weighted by Gasteiger charge is -2.32. The van der Waals surface area contributed by atoms with Crippen molar-refractivity contribution in [1.29, 1.82) is 5.26 Å². The van der Waals surface area contributed by atoms with E-state index in [1.54, 1.807) is 0 Å². The van der Waals surface area contributed by atoms with Crippen LogP contribution in [0.1, 0.15) is 45.7 Å². The maximum Gasteiger partial charge on any atom is 0.491 e. The number of nitriles is 1. The van der Waals surface area contributed by atoms with E-state index in [1.165, 1.54) is 13.0 Å². The first-order valence-corrected chi connectivity index (χ1v) is 9.04. The summed E-state index contributed by atoms with van der Waals surface area (Å²) in [5.74, 6) is -1.90. The van der Waals surface area contributed by atoms with Gasteiger partial charge in [-0.1, -0.05) is 17.8 Å². The van der Waals surface area contributed by atoms with Crippen LogP contribution in [0.4, 0.5) is 8.78 Å². The van der Waals surface area contributed by atoms with E-state index in [0.717, 1.165) is 23.9 Å². The lowest BCUT2D eigenvalue weighted by atomic mass is 9.78. The van der Waals surface area contributed by atoms with Gasteiger partial charge >= 0.3 is 7.12 Å². The first kappa shape index (κ1) is 20.6. The summed E-state index contributed by atoms with van der Waals surface area (Å²) in [5.41, 5.74) is -0.426. The number of carbonyl (C=O) groups excluding carboxylic acids is 1. The van der Waals surface area contributed by atoms with Gasteiger partial charge in [0.05, 0.1) is 22.8 Å². The van der Waals surface area contributed by atoms with Crippen LogP contribution >= 0.6 is 11.8 Å². The van der Waals surface area contributed by atoms with Crippen molar-refractivity contribution in [3.05, 3.63) is 40.4 Å². The van der Waals surface area contributed by atoms with E-state index in [9.17, 15) is 18.8 Å². The molecule has 2 rings (SSSR count). The highest BCUT2D eigenvalue weighted by molar-refractivity contribution is 8.13. The van der Waals surface area contributed by atoms with Crippen LogP contribution in [0.5, 0.6) is 0 Å². The van der Waals surface area contributed by atoms with Crippen molar-refractivity contribution in [2.24, 2.45) is 0 Å². The smallest absolute Gasteiger partial charge is 0.400 e. The second-order valence-electron chi connectivity index (χ2n) is 7.05. The minimum atomic E-state index is -1.09. The van der Waals surface area contributed by atoms with Crippen molar-refractivity contribution in [2.75, 3.05) is 5.75 Å². The van der Waals surface area contributed by atoms with Gasteiger partial charge in [0.15, 0.2) is 16.7 Å². The summed E-state index contributed by atoms with van der Waals surface area (Å²) in [6, 6.07) is 3.65. The monoisotopic (exact) mass is 379 g/mol. The van der Waals surface area contributed by atoms with E-state index in [-0.39, 0.29) is 22.0 Å². The highest BCUT2D eigenvalue weighted by Gasteiger charge is 2.52. The summed E-state index contributed by atoms with van der Waals surface area (Å²) >= 11 is 1.05. The van der Waals surface area contributed by atoms with Gasteiger partial charge in [-0.25, -0.2) is 8.78 Å². The van der Waals surface area contributed by atoms with Gasteiger partial charge in [0.2, 0.25) is 0 Å². The SMILES string of the molecule is CC(=O)SCC(=Cc1cc(F)c(F)cc1C#N)B1OC(C)(C)C(C)(C)O1. The van der Waals surface area contributed by atoms with Crippen LogP contribution in [-0.4, -0.2) is 29.2 Å². The number of hydrogen-bond acceptors (Lipinski definition) is 5. The van der Waals surface area contributed by atoms with Crippen LogP contribution in [-0.2, 0) is 14.1 Å². The molecule has 0 bridgehead atoms. The predicted octanol–water partition coefficient (Wildman–Crippen LogP) is 4.13. The highest BCUT2D eigenvalue weighted by atomic mass is 32.2. The third-order valence-electron chi connectivity index (χ3n) is 4.55. The number of benzene rings is 1. The molecule has 1 aliphatic rings. The summed E-state index contributed by atoms with van der Waals surface area (Å²) in [6.07, 6.45) is 1.53. The number of rotatable bonds is 4. The third-order valence-corrected chi connectivity index (χ3v) is 5.44. The first-order valence-electron chi connectivity index (χ1n) is 8.05. The topological polar surface area (TPSA) is 59.3 Å². The average Bonchev–Trinajstić information content (AvgIpc) is 2.74. The molecule has 1 aromatic carbocycles. The molecule has 1 saturated heterocycles. The van der Waals surface area contributed by atoms with Crippen LogP contribution in [0.3, 0.4) is 0 Å². The zero-order valence-corrected chi connectivity index (χ0v) is 16.2. The Morgan fingerprint density at radius 1 is 1.23 bits per heavy atom. The minimum absolute atomic E-state index is 0.00857. The Morgan fingerprint density at radius 2 is 1.77 bits per heavy atom. The molecule has 0 aromatic heterocycles. The van der Waals surface area contributed by atoms with E-state index in [2.05, 4.69) is 0 Å². The van der Waals surface area contributed by atoms with Crippen LogP contribution in [0.15, 0.2) is 17.6 Å². The van der Waals surface area contributed by atoms with Gasteiger partial charge < -0.3 is 9.31 Å². The largest absolute Gasteiger partial charge is 0.491 e. The number of halogens is 2. The summed E-state index contributed by atoms with van der Waals surface area (Å²) < 4.78 is 39.0. The normalized spacial score (nSPS) is 18.7. The van der Waals surface area contributed by atoms with Crippen molar-refractivity contribution >= 4 is 30.1 Å². The average molecular weight is 379 g/mol. The third kappa shape index (κ3) is 4.34. The lowest BCUT2D eigenvalue weighted by molar-refractivity contribution is -0.109. The molecule has 26 heavy (non-hydrogen) atoms. The second-order valence-corrected chi connectivity index (χ2v) is 8.21. The summed E-state index contributed by atoms with van der Waals surface area (Å²) in [5, 5.41) is 9.11. The Hall–Kier alpha value is -1.69. The highest BCUT2D eigenvalue weighted by Crippen LogP contribution is 2.39. The Bertz CT molecular complexity index is 786. The van der Waals surface area contributed by atoms with E-state index in [4.69, 9.17) is 9.31 Å². The number of hydrogen-bond donors (Lipinski definition) is 0. The molecule has 1 fully saturated rings. The molecule has 0 amide bonds. The second kappa shape index (κ2) is 7.51. The summed E-state index contributed by atoms with van der Waals surface area (Å²) in [6.45, 7) is 8.99. The van der Waals surface area contributed by atoms with Gasteiger partial charge in [0.25, 0.3) is 0 Å². The van der Waals surface area contributed by atoms with Gasteiger partial charge in [-0.05, 0) is 50.9 Å². The summed E-state index contributed by atoms with van der Waals surface area (Å²) in [4.78, 5) is 11.4. The van der Waals surface area contributed by atoms with Crippen LogP contribution in [0.25, 0.3) is 6.08 Å². The molecule has 0 atom stereocenters. The molecule has 0 radical (unpaired) electrons. The predicted molar refractivity (Wildman–Crippen MR) is 98.3 cm³/mol. The van der Waals surface area contributed by atoms with E-state index < -0.39 is 30.0 Å². The van der Waals surface area contributed by atoms with Gasteiger partial charge in [-0.3, -0.25) is 4.79 Å². The van der Waals surface area contributed by atoms with Gasteiger partial charge in [-0.15, -0.1) is 0 Å². The van der Waals surface area contributed by atoms with Crippen molar-refractivity contribution in [1.82, 2.24) is 0 Å². The van der Waals surface area contributed by atoms with Crippen molar-refractivity contribution in [3.8, 4) is 6.07 Å². The number of nitrogens with zero attached hydrogens (tertiary/aromatic N) is 1. The molecule has 1 aromatic rings. The van der Waals surface area contributed by atoms with E-state index in [1.807, 2.05) is 33.8 Å². The summed E-state index contributed by atoms with van der Waals surface area (Å²) in [7, 11) is -0.758. The maximum absolute atomic E-state index is 13.6. The molecule has 0 aliphatic carbocycles. The standard InChI is InChI=1S/C18H20BF2NO3S/c1-11(23)26-10-14(19-24-17(2,3)18(4,5)25-19)6-12-7-15(20)16(21)8-13(12)9-22/h6-8H,10H2,1-5H3. The molecule has 8 heteroatoms. The Balaban J connectivity index is 2.47. The Labute approximate surface area is 156 Å². The Morgan fingerprint density at radius 3 is 2.27 bits per heavy atom. The maximum atomic E-state index is 13.6. The zero-order valence-electron chi connectivity index (χ0n) is 15.4. The van der Waals surface area contributed by atoms with Crippen molar-refractivity contribution in [2.45, 2.75) is 45.8 Å². The molecule has 0 saturated carbocycles. The number of thioether (sulfide) groups is 1. The van der Waals surface area contributed by atoms with Gasteiger partial charge in [-0.2, -0.15) is 5.26 Å². The Kier molecular flexibility index (Phi) is 5.96. The lowest BCUT2D eigenvalue weighted by Crippen LogP contribution is -2.41. The van der Waals surface area contributed by atoms with E-state index >= 15 is 0 Å². The molecular formula is C18H20BF2NO3S. The molecular weight excluding hydrogens is 359 g/mol. The van der Waals surface area contributed by atoms with E-state index in [0.29, 0.717) is 5.47 Å². The zero-order chi connectivity index (χ0) is 19.7. The van der Waals surface area contributed by atoms with Gasteiger partial charge in [0, 0.05) is 12.7 Å². The fourth-order valence-corrected chi connectivity index (χ4v) is 2.92. The van der Waals surface area contributed by atoms with Crippen molar-refractivity contribution in [3.63, 3.8) is 0 Å². The molecule has 0 spiro atoms. The van der Waals surface area contributed by atoms with Crippen LogP contribution in [0, 0.1) is 23.0 Å². The van der Waals surface area contributed by atoms with Gasteiger partial charge in [0.1, 0.15) is 0 Å². The fourth-order valence-electron chi connectivity index (χ4n) is 2.34.